The van der Waals surface area contributed by atoms with E-state index < -0.39 is 16.1 Å². The standard InChI is InChI=1S/C25H24N2O3S2/c1-30-19-15-13-18(14-16-19)24-21-10-4-5-11-22(21)26-25(31)27(24)32(28,29)23-12-6-8-17-7-2-3-9-20(17)23/h2-3,6-9,12-16,24H,4-5,10-11H2,1H3,(H,26,31). The number of methoxy groups -OCH3 is 1. The number of ether oxygens (including phenoxy) is 1. The van der Waals surface area contributed by atoms with Gasteiger partial charge in [-0.05, 0) is 72.6 Å². The molecule has 0 bridgehead atoms. The van der Waals surface area contributed by atoms with Gasteiger partial charge in [0.15, 0.2) is 5.11 Å². The third-order valence-corrected chi connectivity index (χ3v) is 8.49. The van der Waals surface area contributed by atoms with E-state index in [0.717, 1.165) is 53.7 Å². The first-order valence-electron chi connectivity index (χ1n) is 10.7. The first-order chi connectivity index (χ1) is 15.5. The van der Waals surface area contributed by atoms with Crippen molar-refractivity contribution in [1.29, 1.82) is 0 Å². The minimum Gasteiger partial charge on any atom is -0.497 e. The van der Waals surface area contributed by atoms with Gasteiger partial charge in [0.05, 0.1) is 18.0 Å². The first-order valence-corrected chi connectivity index (χ1v) is 12.5. The van der Waals surface area contributed by atoms with Crippen LogP contribution in [-0.2, 0) is 10.0 Å². The van der Waals surface area contributed by atoms with Gasteiger partial charge in [-0.1, -0.05) is 48.5 Å². The lowest BCUT2D eigenvalue weighted by Crippen LogP contribution is -2.50. The molecule has 5 nitrogen and oxygen atoms in total. The van der Waals surface area contributed by atoms with Crippen molar-refractivity contribution in [3.05, 3.63) is 83.6 Å². The summed E-state index contributed by atoms with van der Waals surface area (Å²) in [5.41, 5.74) is 3.04. The topological polar surface area (TPSA) is 58.6 Å². The Bertz CT molecular complexity index is 1330. The van der Waals surface area contributed by atoms with Crippen molar-refractivity contribution < 1.29 is 13.2 Å². The van der Waals surface area contributed by atoms with Gasteiger partial charge in [0, 0.05) is 11.1 Å². The van der Waals surface area contributed by atoms with E-state index in [1.807, 2.05) is 54.6 Å². The summed E-state index contributed by atoms with van der Waals surface area (Å²) in [5, 5.41) is 5.04. The maximum atomic E-state index is 14.1. The van der Waals surface area contributed by atoms with Gasteiger partial charge in [0.1, 0.15) is 5.75 Å². The maximum Gasteiger partial charge on any atom is 0.267 e. The fraction of sp³-hybridized carbons (Fsp3) is 0.240. The molecular formula is C25H24N2O3S2. The highest BCUT2D eigenvalue weighted by atomic mass is 32.2. The average molecular weight is 465 g/mol. The van der Waals surface area contributed by atoms with Gasteiger partial charge in [-0.25, -0.2) is 12.7 Å². The van der Waals surface area contributed by atoms with E-state index in [-0.39, 0.29) is 10.0 Å². The zero-order chi connectivity index (χ0) is 22.3. The van der Waals surface area contributed by atoms with Crippen LogP contribution in [0.3, 0.4) is 0 Å². The number of allylic oxidation sites excluding steroid dienone is 1. The first kappa shape index (κ1) is 21.0. The lowest BCUT2D eigenvalue weighted by atomic mass is 9.86. The van der Waals surface area contributed by atoms with E-state index in [9.17, 15) is 8.42 Å². The van der Waals surface area contributed by atoms with Crippen LogP contribution >= 0.6 is 12.2 Å². The molecule has 2 aliphatic rings. The molecule has 7 heteroatoms. The van der Waals surface area contributed by atoms with Gasteiger partial charge in [-0.3, -0.25) is 0 Å². The van der Waals surface area contributed by atoms with E-state index in [0.29, 0.717) is 5.39 Å². The number of benzene rings is 3. The van der Waals surface area contributed by atoms with E-state index in [1.54, 1.807) is 19.2 Å². The van der Waals surface area contributed by atoms with Crippen molar-refractivity contribution in [1.82, 2.24) is 9.62 Å². The van der Waals surface area contributed by atoms with Crippen LogP contribution in [0.25, 0.3) is 10.8 Å². The number of hydrogen-bond donors (Lipinski definition) is 1. The van der Waals surface area contributed by atoms with Crippen LogP contribution < -0.4 is 10.1 Å². The van der Waals surface area contributed by atoms with Crippen LogP contribution in [0.2, 0.25) is 0 Å². The number of fused-ring (bicyclic) bond motifs is 1. The highest BCUT2D eigenvalue weighted by Gasteiger charge is 2.42. The molecule has 0 radical (unpaired) electrons. The minimum absolute atomic E-state index is 0.222. The number of rotatable bonds is 4. The molecule has 1 unspecified atom stereocenters. The smallest absolute Gasteiger partial charge is 0.267 e. The van der Waals surface area contributed by atoms with Crippen molar-refractivity contribution in [3.63, 3.8) is 0 Å². The molecular weight excluding hydrogens is 440 g/mol. The Kier molecular flexibility index (Phi) is 5.39. The molecule has 0 aromatic heterocycles. The molecule has 164 valence electrons. The van der Waals surface area contributed by atoms with Crippen LogP contribution in [-0.4, -0.2) is 24.9 Å². The SMILES string of the molecule is COc1ccc(C2C3=C(CCCC3)NC(=S)N2S(=O)(=O)c2cccc3ccccc23)cc1. The normalized spacial score (nSPS) is 19.0. The van der Waals surface area contributed by atoms with Crippen molar-refractivity contribution in [2.45, 2.75) is 36.6 Å². The quantitative estimate of drug-likeness (QED) is 0.531. The predicted molar refractivity (Wildman–Crippen MR) is 130 cm³/mol. The lowest BCUT2D eigenvalue weighted by Gasteiger charge is -2.42. The number of thiocarbonyl (C=S) groups is 1. The molecule has 0 saturated heterocycles. The number of nitrogens with zero attached hydrogens (tertiary/aromatic N) is 1. The van der Waals surface area contributed by atoms with Gasteiger partial charge in [0.2, 0.25) is 0 Å². The summed E-state index contributed by atoms with van der Waals surface area (Å²) in [5.74, 6) is 0.728. The molecule has 1 atom stereocenters. The fourth-order valence-corrected chi connectivity index (χ4v) is 6.95. The Morgan fingerprint density at radius 1 is 0.969 bits per heavy atom. The van der Waals surface area contributed by atoms with Crippen LogP contribution in [0, 0.1) is 0 Å². The van der Waals surface area contributed by atoms with Gasteiger partial charge >= 0.3 is 0 Å². The minimum atomic E-state index is -3.94. The second-order valence-corrected chi connectivity index (χ2v) is 10.3. The van der Waals surface area contributed by atoms with E-state index >= 15 is 0 Å². The number of nitrogens with one attached hydrogen (secondary N) is 1. The largest absolute Gasteiger partial charge is 0.497 e. The number of sulfonamides is 1. The molecule has 3 aromatic carbocycles. The van der Waals surface area contributed by atoms with Crippen molar-refractivity contribution in [3.8, 4) is 5.75 Å². The summed E-state index contributed by atoms with van der Waals surface area (Å²) in [7, 11) is -2.32. The highest BCUT2D eigenvalue weighted by molar-refractivity contribution is 7.91. The summed E-state index contributed by atoms with van der Waals surface area (Å²) in [6.07, 6.45) is 3.81. The molecule has 1 N–H and O–H groups in total. The molecule has 1 aliphatic carbocycles. The molecule has 1 aliphatic heterocycles. The Balaban J connectivity index is 1.71. The Morgan fingerprint density at radius 3 is 2.47 bits per heavy atom. The van der Waals surface area contributed by atoms with Gasteiger partial charge in [-0.15, -0.1) is 0 Å². The molecule has 0 amide bonds. The Labute approximate surface area is 193 Å². The van der Waals surface area contributed by atoms with E-state index in [4.69, 9.17) is 17.0 Å². The lowest BCUT2D eigenvalue weighted by molar-refractivity contribution is 0.412. The monoisotopic (exact) mass is 464 g/mol. The van der Waals surface area contributed by atoms with Crippen LogP contribution in [0.5, 0.6) is 5.75 Å². The fourth-order valence-electron chi connectivity index (χ4n) is 4.71. The molecule has 32 heavy (non-hydrogen) atoms. The zero-order valence-corrected chi connectivity index (χ0v) is 19.4. The summed E-state index contributed by atoms with van der Waals surface area (Å²) in [6.45, 7) is 0. The molecule has 0 fully saturated rings. The third-order valence-electron chi connectivity index (χ3n) is 6.25. The molecule has 3 aromatic rings. The molecule has 5 rings (SSSR count). The van der Waals surface area contributed by atoms with E-state index in [2.05, 4.69) is 5.32 Å². The predicted octanol–water partition coefficient (Wildman–Crippen LogP) is 5.30. The average Bonchev–Trinajstić information content (AvgIpc) is 2.82. The highest BCUT2D eigenvalue weighted by Crippen LogP contribution is 2.43. The van der Waals surface area contributed by atoms with Crippen molar-refractivity contribution >= 4 is 38.1 Å². The van der Waals surface area contributed by atoms with Crippen LogP contribution in [0.4, 0.5) is 0 Å². The summed E-state index contributed by atoms with van der Waals surface area (Å²) in [4.78, 5) is 0.262. The van der Waals surface area contributed by atoms with Gasteiger partial charge in [-0.2, -0.15) is 0 Å². The second-order valence-electron chi connectivity index (χ2n) is 8.09. The van der Waals surface area contributed by atoms with Crippen molar-refractivity contribution in [2.24, 2.45) is 0 Å². The van der Waals surface area contributed by atoms with E-state index in [1.165, 1.54) is 4.31 Å². The Morgan fingerprint density at radius 2 is 1.69 bits per heavy atom. The summed E-state index contributed by atoms with van der Waals surface area (Å²) < 4.78 is 35.0. The molecule has 0 spiro atoms. The molecule has 1 heterocycles. The summed E-state index contributed by atoms with van der Waals surface area (Å²) >= 11 is 5.67. The zero-order valence-electron chi connectivity index (χ0n) is 17.7. The second kappa shape index (κ2) is 8.22. The third kappa shape index (κ3) is 3.45. The van der Waals surface area contributed by atoms with Crippen LogP contribution in [0.15, 0.2) is 82.9 Å². The van der Waals surface area contributed by atoms with Gasteiger partial charge < -0.3 is 10.1 Å². The van der Waals surface area contributed by atoms with Crippen molar-refractivity contribution in [2.75, 3.05) is 7.11 Å². The molecule has 0 saturated carbocycles. The maximum absolute atomic E-state index is 14.1. The Hall–Kier alpha value is -2.90. The van der Waals surface area contributed by atoms with Gasteiger partial charge in [0.25, 0.3) is 10.0 Å². The summed E-state index contributed by atoms with van der Waals surface area (Å²) in [6, 6.07) is 20.0. The van der Waals surface area contributed by atoms with Crippen LogP contribution in [0.1, 0.15) is 37.3 Å². The number of hydrogen-bond acceptors (Lipinski definition) is 4.